The van der Waals surface area contributed by atoms with Crippen molar-refractivity contribution < 1.29 is 13.5 Å². The van der Waals surface area contributed by atoms with E-state index in [1.165, 1.54) is 12.8 Å². The Labute approximate surface area is 207 Å². The largest absolute Gasteiger partial charge is 0.468 e. The minimum Gasteiger partial charge on any atom is -0.468 e. The fourth-order valence-corrected chi connectivity index (χ4v) is 4.74. The number of hydrogen-bond acceptors (Lipinski definition) is 4. The highest BCUT2D eigenvalue weighted by Crippen LogP contribution is 2.34. The van der Waals surface area contributed by atoms with E-state index < -0.39 is 0 Å². The standard InChI is InChI=1S/C24H33FN4O2.HI/c1-26-23(27-17-21(22-5-4-14-31-22)29-12-2-3-13-29)28-18-24(10-15-30-16-11-24)19-6-8-20(25)9-7-19;/h4-9,14,21H,2-3,10-13,15-18H2,1H3,(H2,26,27,28);1H. The quantitative estimate of drug-likeness (QED) is 0.306. The van der Waals surface area contributed by atoms with E-state index in [0.717, 1.165) is 56.3 Å². The zero-order chi connectivity index (χ0) is 21.5. The van der Waals surface area contributed by atoms with Crippen LogP contribution in [-0.4, -0.2) is 57.3 Å². The topological polar surface area (TPSA) is 62.0 Å². The third-order valence-electron chi connectivity index (χ3n) is 6.64. The minimum absolute atomic E-state index is 0. The molecule has 4 rings (SSSR count). The lowest BCUT2D eigenvalue weighted by atomic mass is 9.74. The van der Waals surface area contributed by atoms with Gasteiger partial charge in [0.05, 0.1) is 12.3 Å². The normalized spacial score (nSPS) is 19.9. The molecule has 0 radical (unpaired) electrons. The Morgan fingerprint density at radius 3 is 2.47 bits per heavy atom. The van der Waals surface area contributed by atoms with Crippen LogP contribution in [0.2, 0.25) is 0 Å². The lowest BCUT2D eigenvalue weighted by molar-refractivity contribution is 0.0513. The summed E-state index contributed by atoms with van der Waals surface area (Å²) in [5, 5.41) is 7.02. The molecule has 3 heterocycles. The molecule has 2 aromatic rings. The molecule has 1 atom stereocenters. The monoisotopic (exact) mass is 556 g/mol. The lowest BCUT2D eigenvalue weighted by Crippen LogP contribution is -2.49. The fourth-order valence-electron chi connectivity index (χ4n) is 4.74. The van der Waals surface area contributed by atoms with Crippen molar-refractivity contribution in [3.63, 3.8) is 0 Å². The third kappa shape index (κ3) is 6.02. The van der Waals surface area contributed by atoms with Crippen molar-refractivity contribution in [2.75, 3.05) is 46.4 Å². The molecule has 0 aliphatic carbocycles. The SMILES string of the molecule is CN=C(NCC(c1ccco1)N1CCCC1)NCC1(c2ccc(F)cc2)CCOCC1.I. The molecule has 176 valence electrons. The molecular weight excluding hydrogens is 522 g/mol. The van der Waals surface area contributed by atoms with Gasteiger partial charge in [-0.2, -0.15) is 0 Å². The van der Waals surface area contributed by atoms with Gasteiger partial charge in [-0.25, -0.2) is 4.39 Å². The van der Waals surface area contributed by atoms with E-state index in [1.807, 2.05) is 24.3 Å². The number of nitrogens with zero attached hydrogens (tertiary/aromatic N) is 2. The summed E-state index contributed by atoms with van der Waals surface area (Å²) in [5.41, 5.74) is 1.05. The van der Waals surface area contributed by atoms with Crippen molar-refractivity contribution >= 4 is 29.9 Å². The number of halogens is 2. The van der Waals surface area contributed by atoms with Crippen LogP contribution in [0.5, 0.6) is 0 Å². The van der Waals surface area contributed by atoms with E-state index in [2.05, 4.69) is 20.5 Å². The summed E-state index contributed by atoms with van der Waals surface area (Å²) in [6, 6.07) is 11.1. The van der Waals surface area contributed by atoms with Gasteiger partial charge < -0.3 is 19.8 Å². The fraction of sp³-hybridized carbons (Fsp3) is 0.542. The smallest absolute Gasteiger partial charge is 0.191 e. The van der Waals surface area contributed by atoms with Crippen LogP contribution in [-0.2, 0) is 10.2 Å². The summed E-state index contributed by atoms with van der Waals surface area (Å²) < 4.78 is 24.8. The van der Waals surface area contributed by atoms with Crippen LogP contribution >= 0.6 is 24.0 Å². The first-order valence-corrected chi connectivity index (χ1v) is 11.3. The maximum absolute atomic E-state index is 13.5. The summed E-state index contributed by atoms with van der Waals surface area (Å²) in [6.45, 7) is 5.04. The van der Waals surface area contributed by atoms with Crippen LogP contribution < -0.4 is 10.6 Å². The minimum atomic E-state index is -0.206. The van der Waals surface area contributed by atoms with Gasteiger partial charge in [0.15, 0.2) is 5.96 Å². The molecule has 1 aromatic heterocycles. The van der Waals surface area contributed by atoms with Crippen molar-refractivity contribution in [2.45, 2.75) is 37.1 Å². The van der Waals surface area contributed by atoms with Gasteiger partial charge in [0.1, 0.15) is 11.6 Å². The number of nitrogens with one attached hydrogen (secondary N) is 2. The summed E-state index contributed by atoms with van der Waals surface area (Å²) in [4.78, 5) is 6.92. The van der Waals surface area contributed by atoms with Crippen molar-refractivity contribution in [3.8, 4) is 0 Å². The Balaban J connectivity index is 0.00000289. The van der Waals surface area contributed by atoms with Crippen LogP contribution in [0.3, 0.4) is 0 Å². The van der Waals surface area contributed by atoms with Crippen molar-refractivity contribution in [1.29, 1.82) is 0 Å². The van der Waals surface area contributed by atoms with Gasteiger partial charge in [-0.3, -0.25) is 9.89 Å². The molecule has 2 aliphatic rings. The Bertz CT molecular complexity index is 832. The second-order valence-corrected chi connectivity index (χ2v) is 8.48. The molecule has 0 spiro atoms. The molecule has 0 bridgehead atoms. The van der Waals surface area contributed by atoms with Crippen LogP contribution in [0, 0.1) is 5.82 Å². The van der Waals surface area contributed by atoms with Crippen molar-refractivity contribution in [3.05, 3.63) is 59.8 Å². The second-order valence-electron chi connectivity index (χ2n) is 8.48. The molecule has 1 unspecified atom stereocenters. The molecule has 2 N–H and O–H groups in total. The highest BCUT2D eigenvalue weighted by molar-refractivity contribution is 14.0. The second kappa shape index (κ2) is 12.0. The number of guanidine groups is 1. The Morgan fingerprint density at radius 1 is 1.12 bits per heavy atom. The Kier molecular flexibility index (Phi) is 9.36. The van der Waals surface area contributed by atoms with Gasteiger partial charge in [0.2, 0.25) is 0 Å². The van der Waals surface area contributed by atoms with E-state index in [1.54, 1.807) is 25.4 Å². The molecular formula is C24H34FIN4O2. The van der Waals surface area contributed by atoms with E-state index in [0.29, 0.717) is 13.2 Å². The van der Waals surface area contributed by atoms with Crippen LogP contribution in [0.25, 0.3) is 0 Å². The molecule has 8 heteroatoms. The predicted molar refractivity (Wildman–Crippen MR) is 135 cm³/mol. The molecule has 2 saturated heterocycles. The highest BCUT2D eigenvalue weighted by atomic mass is 127. The summed E-state index contributed by atoms with van der Waals surface area (Å²) >= 11 is 0. The van der Waals surface area contributed by atoms with Gasteiger partial charge >= 0.3 is 0 Å². The van der Waals surface area contributed by atoms with E-state index >= 15 is 0 Å². The number of rotatable bonds is 7. The maximum atomic E-state index is 13.5. The maximum Gasteiger partial charge on any atom is 0.191 e. The van der Waals surface area contributed by atoms with Gasteiger partial charge in [0.25, 0.3) is 0 Å². The first kappa shape index (κ1) is 25.0. The van der Waals surface area contributed by atoms with Gasteiger partial charge in [-0.1, -0.05) is 12.1 Å². The van der Waals surface area contributed by atoms with Gasteiger partial charge in [0, 0.05) is 38.8 Å². The number of ether oxygens (including phenoxy) is 1. The van der Waals surface area contributed by atoms with Crippen molar-refractivity contribution in [1.82, 2.24) is 15.5 Å². The van der Waals surface area contributed by atoms with E-state index in [4.69, 9.17) is 9.15 Å². The van der Waals surface area contributed by atoms with Gasteiger partial charge in [-0.05, 0) is 68.6 Å². The molecule has 1 aromatic carbocycles. The van der Waals surface area contributed by atoms with Crippen LogP contribution in [0.15, 0.2) is 52.1 Å². The number of benzene rings is 1. The molecule has 2 aliphatic heterocycles. The Hall–Kier alpha value is -1.65. The first-order chi connectivity index (χ1) is 15.2. The lowest BCUT2D eigenvalue weighted by Gasteiger charge is -2.38. The Morgan fingerprint density at radius 2 is 1.84 bits per heavy atom. The molecule has 0 saturated carbocycles. The highest BCUT2D eigenvalue weighted by Gasteiger charge is 2.35. The van der Waals surface area contributed by atoms with Crippen LogP contribution in [0.4, 0.5) is 4.39 Å². The molecule has 2 fully saturated rings. The number of hydrogen-bond donors (Lipinski definition) is 2. The average molecular weight is 556 g/mol. The summed E-state index contributed by atoms with van der Waals surface area (Å²) in [5.74, 6) is 1.54. The van der Waals surface area contributed by atoms with Gasteiger partial charge in [-0.15, -0.1) is 24.0 Å². The third-order valence-corrected chi connectivity index (χ3v) is 6.64. The summed E-state index contributed by atoms with van der Waals surface area (Å²) in [6.07, 6.45) is 5.98. The molecule has 32 heavy (non-hydrogen) atoms. The summed E-state index contributed by atoms with van der Waals surface area (Å²) in [7, 11) is 1.79. The number of likely N-dealkylation sites (tertiary alicyclic amines) is 1. The zero-order valence-corrected chi connectivity index (χ0v) is 21.0. The van der Waals surface area contributed by atoms with E-state index in [9.17, 15) is 4.39 Å². The van der Waals surface area contributed by atoms with Crippen LogP contribution in [0.1, 0.15) is 43.0 Å². The number of furan rings is 1. The number of aliphatic imine (C=N–C) groups is 1. The molecule has 0 amide bonds. The predicted octanol–water partition coefficient (Wildman–Crippen LogP) is 4.09. The molecule has 6 nitrogen and oxygen atoms in total. The van der Waals surface area contributed by atoms with Crippen molar-refractivity contribution in [2.24, 2.45) is 4.99 Å². The van der Waals surface area contributed by atoms with E-state index in [-0.39, 0.29) is 41.3 Å². The average Bonchev–Trinajstić information content (AvgIpc) is 3.52. The first-order valence-electron chi connectivity index (χ1n) is 11.3. The zero-order valence-electron chi connectivity index (χ0n) is 18.7.